The van der Waals surface area contributed by atoms with E-state index in [4.69, 9.17) is 25.8 Å². The van der Waals surface area contributed by atoms with Crippen molar-refractivity contribution in [3.8, 4) is 17.2 Å². The average molecular weight is 362 g/mol. The van der Waals surface area contributed by atoms with Gasteiger partial charge in [-0.3, -0.25) is 0 Å². The second-order valence-electron chi connectivity index (χ2n) is 4.94. The number of fused-ring (bicyclic) bond motifs is 1. The van der Waals surface area contributed by atoms with Crippen LogP contribution in [0.3, 0.4) is 0 Å². The topological polar surface area (TPSA) is 40.6 Å². The van der Waals surface area contributed by atoms with Crippen LogP contribution in [0, 0.1) is 0 Å². The fourth-order valence-electron chi connectivity index (χ4n) is 2.37. The van der Waals surface area contributed by atoms with Gasteiger partial charge in [-0.25, -0.2) is 4.98 Å². The molecule has 3 aromatic rings. The third-order valence-electron chi connectivity index (χ3n) is 3.48. The van der Waals surface area contributed by atoms with Gasteiger partial charge in [-0.05, 0) is 35.9 Å². The number of hydrogen-bond donors (Lipinski definition) is 0. The Labute approximate surface area is 149 Å². The van der Waals surface area contributed by atoms with Crippen molar-refractivity contribution < 1.29 is 14.2 Å². The van der Waals surface area contributed by atoms with E-state index < -0.39 is 0 Å². The lowest BCUT2D eigenvalue weighted by Gasteiger charge is -2.13. The van der Waals surface area contributed by atoms with E-state index in [1.807, 2.05) is 42.5 Å². The average Bonchev–Trinajstić information content (AvgIpc) is 3.05. The molecule has 1 aromatic heterocycles. The maximum absolute atomic E-state index is 6.47. The molecule has 0 atom stereocenters. The Kier molecular flexibility index (Phi) is 4.92. The molecule has 0 saturated carbocycles. The Bertz CT molecular complexity index is 846. The summed E-state index contributed by atoms with van der Waals surface area (Å²) in [5.41, 5.74) is 1.78. The lowest BCUT2D eigenvalue weighted by atomic mass is 10.1. The monoisotopic (exact) mass is 361 g/mol. The number of aromatic nitrogens is 1. The van der Waals surface area contributed by atoms with Gasteiger partial charge in [-0.2, -0.15) is 0 Å². The second kappa shape index (κ2) is 7.11. The number of ether oxygens (including phenoxy) is 3. The molecule has 1 heterocycles. The van der Waals surface area contributed by atoms with Crippen molar-refractivity contribution in [3.05, 3.63) is 47.0 Å². The van der Waals surface area contributed by atoms with Crippen LogP contribution in [0.15, 0.2) is 36.4 Å². The molecule has 0 amide bonds. The third-order valence-corrected chi connectivity index (χ3v) is 4.95. The summed E-state index contributed by atoms with van der Waals surface area (Å²) in [6.45, 7) is 0. The van der Waals surface area contributed by atoms with E-state index in [-0.39, 0.29) is 0 Å². The van der Waals surface area contributed by atoms with Gasteiger partial charge in [0.1, 0.15) is 5.01 Å². The Balaban J connectivity index is 2.03. The highest BCUT2D eigenvalue weighted by atomic mass is 35.5. The molecule has 124 valence electrons. The highest BCUT2D eigenvalue weighted by Gasteiger charge is 2.13. The number of methoxy groups -OCH3 is 3. The zero-order chi connectivity index (χ0) is 17.1. The minimum Gasteiger partial charge on any atom is -0.493 e. The SMILES string of the molecule is COc1cc(/C=C(\Cl)c2nc3ccccc3s2)cc(OC)c1OC. The van der Waals surface area contributed by atoms with Gasteiger partial charge in [-0.1, -0.05) is 23.7 Å². The molecule has 4 nitrogen and oxygen atoms in total. The number of rotatable bonds is 5. The molecular formula is C18H16ClNO3S. The molecule has 0 fully saturated rings. The van der Waals surface area contributed by atoms with Crippen molar-refractivity contribution in [1.82, 2.24) is 4.98 Å². The number of hydrogen-bond acceptors (Lipinski definition) is 5. The Morgan fingerprint density at radius 3 is 2.29 bits per heavy atom. The fourth-order valence-corrected chi connectivity index (χ4v) is 3.52. The van der Waals surface area contributed by atoms with Gasteiger partial charge in [-0.15, -0.1) is 11.3 Å². The van der Waals surface area contributed by atoms with E-state index >= 15 is 0 Å². The third kappa shape index (κ3) is 3.18. The Morgan fingerprint density at radius 2 is 1.71 bits per heavy atom. The van der Waals surface area contributed by atoms with Crippen LogP contribution in [0.5, 0.6) is 17.2 Å². The molecule has 0 aliphatic rings. The molecule has 2 aromatic carbocycles. The van der Waals surface area contributed by atoms with Gasteiger partial charge < -0.3 is 14.2 Å². The standard InChI is InChI=1S/C18H16ClNO3S/c1-21-14-9-11(10-15(22-2)17(14)23-3)8-12(19)18-20-13-6-4-5-7-16(13)24-18/h4-10H,1-3H3/b12-8-. The van der Waals surface area contributed by atoms with Crippen LogP contribution in [0.25, 0.3) is 21.3 Å². The molecule has 24 heavy (non-hydrogen) atoms. The lowest BCUT2D eigenvalue weighted by Crippen LogP contribution is -1.95. The second-order valence-corrected chi connectivity index (χ2v) is 6.38. The zero-order valence-electron chi connectivity index (χ0n) is 13.5. The maximum Gasteiger partial charge on any atom is 0.203 e. The first kappa shape index (κ1) is 16.6. The summed E-state index contributed by atoms with van der Waals surface area (Å²) in [6.07, 6.45) is 1.84. The van der Waals surface area contributed by atoms with Crippen molar-refractivity contribution in [1.29, 1.82) is 0 Å². The molecular weight excluding hydrogens is 346 g/mol. The lowest BCUT2D eigenvalue weighted by molar-refractivity contribution is 0.324. The normalized spacial score (nSPS) is 11.6. The summed E-state index contributed by atoms with van der Waals surface area (Å²) < 4.78 is 17.2. The van der Waals surface area contributed by atoms with E-state index in [1.165, 1.54) is 0 Å². The predicted octanol–water partition coefficient (Wildman–Crippen LogP) is 5.06. The smallest absolute Gasteiger partial charge is 0.203 e. The molecule has 0 radical (unpaired) electrons. The number of halogens is 1. The van der Waals surface area contributed by atoms with Crippen LogP contribution >= 0.6 is 22.9 Å². The van der Waals surface area contributed by atoms with Crippen molar-refractivity contribution in [2.45, 2.75) is 0 Å². The number of benzene rings is 2. The van der Waals surface area contributed by atoms with E-state index in [0.717, 1.165) is 20.8 Å². The van der Waals surface area contributed by atoms with Crippen LogP contribution < -0.4 is 14.2 Å². The molecule has 0 unspecified atom stereocenters. The minimum atomic E-state index is 0.549. The van der Waals surface area contributed by atoms with Crippen molar-refractivity contribution in [3.63, 3.8) is 0 Å². The molecule has 3 rings (SSSR count). The Hall–Kier alpha value is -2.24. The van der Waals surface area contributed by atoms with Crippen molar-refractivity contribution in [2.75, 3.05) is 21.3 Å². The van der Waals surface area contributed by atoms with Crippen LogP contribution in [0.4, 0.5) is 0 Å². The first-order valence-corrected chi connectivity index (χ1v) is 8.39. The van der Waals surface area contributed by atoms with Crippen LogP contribution in [-0.2, 0) is 0 Å². The van der Waals surface area contributed by atoms with Gasteiger partial charge >= 0.3 is 0 Å². The highest BCUT2D eigenvalue weighted by molar-refractivity contribution is 7.20. The number of thiazole rings is 1. The fraction of sp³-hybridized carbons (Fsp3) is 0.167. The number of nitrogens with zero attached hydrogens (tertiary/aromatic N) is 1. The molecule has 0 aliphatic carbocycles. The summed E-state index contributed by atoms with van der Waals surface area (Å²) >= 11 is 8.03. The molecule has 0 saturated heterocycles. The molecule has 6 heteroatoms. The van der Waals surface area contributed by atoms with Gasteiger partial charge in [0.05, 0.1) is 36.6 Å². The van der Waals surface area contributed by atoms with E-state index in [1.54, 1.807) is 32.7 Å². The summed E-state index contributed by atoms with van der Waals surface area (Å²) in [4.78, 5) is 4.56. The van der Waals surface area contributed by atoms with Gasteiger partial charge in [0.2, 0.25) is 5.75 Å². The summed E-state index contributed by atoms with van der Waals surface area (Å²) in [5.74, 6) is 1.71. The largest absolute Gasteiger partial charge is 0.493 e. The van der Waals surface area contributed by atoms with Gasteiger partial charge in [0.15, 0.2) is 11.5 Å². The minimum absolute atomic E-state index is 0.549. The summed E-state index contributed by atoms with van der Waals surface area (Å²) in [7, 11) is 4.74. The molecule has 0 aliphatic heterocycles. The van der Waals surface area contributed by atoms with Crippen molar-refractivity contribution in [2.24, 2.45) is 0 Å². The summed E-state index contributed by atoms with van der Waals surface area (Å²) in [6, 6.07) is 11.6. The molecule has 0 bridgehead atoms. The Morgan fingerprint density at radius 1 is 1.04 bits per heavy atom. The maximum atomic E-state index is 6.47. The highest BCUT2D eigenvalue weighted by Crippen LogP contribution is 2.39. The van der Waals surface area contributed by atoms with E-state index in [2.05, 4.69) is 4.98 Å². The van der Waals surface area contributed by atoms with E-state index in [9.17, 15) is 0 Å². The van der Waals surface area contributed by atoms with Crippen LogP contribution in [0.2, 0.25) is 0 Å². The summed E-state index contributed by atoms with van der Waals surface area (Å²) in [5, 5.41) is 1.33. The number of para-hydroxylation sites is 1. The predicted molar refractivity (Wildman–Crippen MR) is 99.4 cm³/mol. The first-order chi connectivity index (χ1) is 11.7. The van der Waals surface area contributed by atoms with Crippen molar-refractivity contribution >= 4 is 44.3 Å². The van der Waals surface area contributed by atoms with Gasteiger partial charge in [0.25, 0.3) is 0 Å². The quantitative estimate of drug-likeness (QED) is 0.637. The van der Waals surface area contributed by atoms with Gasteiger partial charge in [0, 0.05) is 0 Å². The first-order valence-electron chi connectivity index (χ1n) is 7.19. The van der Waals surface area contributed by atoms with E-state index in [0.29, 0.717) is 22.3 Å². The van der Waals surface area contributed by atoms with Crippen LogP contribution in [-0.4, -0.2) is 26.3 Å². The zero-order valence-corrected chi connectivity index (χ0v) is 15.1. The van der Waals surface area contributed by atoms with Crippen LogP contribution in [0.1, 0.15) is 10.6 Å². The molecule has 0 spiro atoms. The molecule has 0 N–H and O–H groups in total.